The van der Waals surface area contributed by atoms with Gasteiger partial charge in [-0.2, -0.15) is 0 Å². The van der Waals surface area contributed by atoms with Crippen molar-refractivity contribution >= 4 is 11.6 Å². The van der Waals surface area contributed by atoms with Crippen LogP contribution in [0.4, 0.5) is 4.39 Å². The average Bonchev–Trinajstić information content (AvgIpc) is 2.50. The molecule has 0 bridgehead atoms. The van der Waals surface area contributed by atoms with Gasteiger partial charge in [-0.05, 0) is 30.7 Å². The Balaban J connectivity index is 2.16. The fourth-order valence-corrected chi connectivity index (χ4v) is 1.83. The predicted molar refractivity (Wildman–Crippen MR) is 57.6 cm³/mol. The molecule has 1 N–H and O–H groups in total. The number of halogens is 2. The van der Waals surface area contributed by atoms with Crippen LogP contribution < -0.4 is 5.32 Å². The first kappa shape index (κ1) is 10.9. The lowest BCUT2D eigenvalue weighted by atomic mass is 10.1. The fraction of sp³-hybridized carbons (Fsp3) is 0.455. The van der Waals surface area contributed by atoms with Gasteiger partial charge >= 0.3 is 0 Å². The Labute approximate surface area is 93.4 Å². The summed E-state index contributed by atoms with van der Waals surface area (Å²) in [7, 11) is 0. The van der Waals surface area contributed by atoms with Crippen molar-refractivity contribution in [2.75, 3.05) is 19.7 Å². The summed E-state index contributed by atoms with van der Waals surface area (Å²) in [6.45, 7) is 2.44. The standard InChI is InChI=1S/C11H13ClFNO/c12-9-6-8(2-3-10(9)13)11-7-14-4-1-5-15-11/h2-3,6,11,14H,1,4-5,7H2. The minimum atomic E-state index is -0.387. The molecule has 0 radical (unpaired) electrons. The summed E-state index contributed by atoms with van der Waals surface area (Å²) in [5, 5.41) is 3.42. The van der Waals surface area contributed by atoms with E-state index in [4.69, 9.17) is 16.3 Å². The molecule has 4 heteroatoms. The van der Waals surface area contributed by atoms with E-state index in [2.05, 4.69) is 5.32 Å². The number of ether oxygens (including phenoxy) is 1. The van der Waals surface area contributed by atoms with Crippen molar-refractivity contribution in [3.8, 4) is 0 Å². The highest BCUT2D eigenvalue weighted by atomic mass is 35.5. The van der Waals surface area contributed by atoms with E-state index in [1.165, 1.54) is 6.07 Å². The lowest BCUT2D eigenvalue weighted by Gasteiger charge is -2.15. The van der Waals surface area contributed by atoms with Gasteiger partial charge in [-0.25, -0.2) is 4.39 Å². The molecule has 1 aliphatic heterocycles. The molecule has 1 unspecified atom stereocenters. The molecule has 1 heterocycles. The molecule has 82 valence electrons. The van der Waals surface area contributed by atoms with E-state index in [9.17, 15) is 4.39 Å². The minimum Gasteiger partial charge on any atom is -0.372 e. The number of hydrogen-bond donors (Lipinski definition) is 1. The number of hydrogen-bond acceptors (Lipinski definition) is 2. The molecule has 1 aromatic carbocycles. The van der Waals surface area contributed by atoms with Gasteiger partial charge in [0.15, 0.2) is 0 Å². The smallest absolute Gasteiger partial charge is 0.141 e. The molecule has 0 aromatic heterocycles. The van der Waals surface area contributed by atoms with Gasteiger partial charge in [-0.15, -0.1) is 0 Å². The quantitative estimate of drug-likeness (QED) is 0.799. The third kappa shape index (κ3) is 2.68. The molecule has 0 amide bonds. The highest BCUT2D eigenvalue weighted by Gasteiger charge is 2.15. The second kappa shape index (κ2) is 4.92. The molecule has 0 saturated carbocycles. The first-order chi connectivity index (χ1) is 7.27. The molecule has 1 aliphatic rings. The van der Waals surface area contributed by atoms with E-state index in [0.717, 1.165) is 31.7 Å². The lowest BCUT2D eigenvalue weighted by Crippen LogP contribution is -2.20. The summed E-state index contributed by atoms with van der Waals surface area (Å²) >= 11 is 5.72. The third-order valence-corrected chi connectivity index (χ3v) is 2.75. The van der Waals surface area contributed by atoms with E-state index in [1.54, 1.807) is 12.1 Å². The van der Waals surface area contributed by atoms with Crippen LogP contribution in [0.3, 0.4) is 0 Å². The van der Waals surface area contributed by atoms with Gasteiger partial charge in [-0.1, -0.05) is 17.7 Å². The minimum absolute atomic E-state index is 0.0226. The van der Waals surface area contributed by atoms with Crippen LogP contribution in [0.1, 0.15) is 18.1 Å². The molecule has 1 fully saturated rings. The largest absolute Gasteiger partial charge is 0.372 e. The first-order valence-corrected chi connectivity index (χ1v) is 5.42. The Kier molecular flexibility index (Phi) is 3.57. The zero-order valence-corrected chi connectivity index (χ0v) is 9.06. The summed E-state index contributed by atoms with van der Waals surface area (Å²) in [5.74, 6) is -0.387. The fourth-order valence-electron chi connectivity index (χ4n) is 1.64. The summed E-state index contributed by atoms with van der Waals surface area (Å²) in [6, 6.07) is 4.74. The summed E-state index contributed by atoms with van der Waals surface area (Å²) < 4.78 is 18.6. The van der Waals surface area contributed by atoms with E-state index >= 15 is 0 Å². The molecule has 0 aliphatic carbocycles. The van der Waals surface area contributed by atoms with E-state index in [-0.39, 0.29) is 16.9 Å². The van der Waals surface area contributed by atoms with Gasteiger partial charge in [0.1, 0.15) is 5.82 Å². The van der Waals surface area contributed by atoms with Gasteiger partial charge in [0.05, 0.1) is 11.1 Å². The van der Waals surface area contributed by atoms with Gasteiger partial charge in [0.25, 0.3) is 0 Å². The maximum absolute atomic E-state index is 13.0. The Morgan fingerprint density at radius 1 is 1.47 bits per heavy atom. The van der Waals surface area contributed by atoms with Crippen molar-refractivity contribution in [1.29, 1.82) is 0 Å². The van der Waals surface area contributed by atoms with Crippen molar-refractivity contribution in [1.82, 2.24) is 5.32 Å². The van der Waals surface area contributed by atoms with Crippen LogP contribution in [-0.4, -0.2) is 19.7 Å². The predicted octanol–water partition coefficient (Wildman–Crippen LogP) is 2.53. The summed E-state index contributed by atoms with van der Waals surface area (Å²) in [5.41, 5.74) is 0.927. The number of nitrogens with one attached hydrogen (secondary N) is 1. The molecule has 1 saturated heterocycles. The van der Waals surface area contributed by atoms with Crippen molar-refractivity contribution in [2.24, 2.45) is 0 Å². The maximum atomic E-state index is 13.0. The van der Waals surface area contributed by atoms with E-state index in [1.807, 2.05) is 0 Å². The Hall–Kier alpha value is -0.640. The van der Waals surface area contributed by atoms with Crippen molar-refractivity contribution in [3.63, 3.8) is 0 Å². The molecular formula is C11H13ClFNO. The SMILES string of the molecule is Fc1ccc(C2CNCCCO2)cc1Cl. The summed E-state index contributed by atoms with van der Waals surface area (Å²) in [6.07, 6.45) is 0.983. The number of benzene rings is 1. The molecule has 2 nitrogen and oxygen atoms in total. The molecule has 15 heavy (non-hydrogen) atoms. The average molecular weight is 230 g/mol. The Morgan fingerprint density at radius 2 is 2.33 bits per heavy atom. The van der Waals surface area contributed by atoms with Crippen LogP contribution in [0.25, 0.3) is 0 Å². The highest BCUT2D eigenvalue weighted by molar-refractivity contribution is 6.30. The first-order valence-electron chi connectivity index (χ1n) is 5.04. The maximum Gasteiger partial charge on any atom is 0.141 e. The Morgan fingerprint density at radius 3 is 3.13 bits per heavy atom. The Bertz CT molecular complexity index is 337. The van der Waals surface area contributed by atoms with Crippen molar-refractivity contribution < 1.29 is 9.13 Å². The molecule has 0 spiro atoms. The molecule has 2 rings (SSSR count). The third-order valence-electron chi connectivity index (χ3n) is 2.46. The molecule has 1 atom stereocenters. The van der Waals surface area contributed by atoms with Crippen LogP contribution in [0, 0.1) is 5.82 Å². The van der Waals surface area contributed by atoms with Gasteiger partial charge in [0, 0.05) is 13.2 Å². The second-order valence-electron chi connectivity index (χ2n) is 3.59. The monoisotopic (exact) mass is 229 g/mol. The summed E-state index contributed by atoms with van der Waals surface area (Å²) in [4.78, 5) is 0. The molecule has 1 aromatic rings. The van der Waals surface area contributed by atoms with Crippen LogP contribution >= 0.6 is 11.6 Å². The molecular weight excluding hydrogens is 217 g/mol. The number of rotatable bonds is 1. The van der Waals surface area contributed by atoms with E-state index < -0.39 is 0 Å². The second-order valence-corrected chi connectivity index (χ2v) is 4.00. The highest BCUT2D eigenvalue weighted by Crippen LogP contribution is 2.23. The van der Waals surface area contributed by atoms with Crippen LogP contribution in [-0.2, 0) is 4.74 Å². The lowest BCUT2D eigenvalue weighted by molar-refractivity contribution is 0.0668. The zero-order chi connectivity index (χ0) is 10.7. The van der Waals surface area contributed by atoms with E-state index in [0.29, 0.717) is 0 Å². The van der Waals surface area contributed by atoms with Crippen molar-refractivity contribution in [3.05, 3.63) is 34.6 Å². The topological polar surface area (TPSA) is 21.3 Å². The van der Waals surface area contributed by atoms with Crippen molar-refractivity contribution in [2.45, 2.75) is 12.5 Å². The van der Waals surface area contributed by atoms with Gasteiger partial charge in [0.2, 0.25) is 0 Å². The zero-order valence-electron chi connectivity index (χ0n) is 8.30. The van der Waals surface area contributed by atoms with Crippen LogP contribution in [0.15, 0.2) is 18.2 Å². The van der Waals surface area contributed by atoms with Crippen LogP contribution in [0.5, 0.6) is 0 Å². The normalized spacial score (nSPS) is 22.4. The van der Waals surface area contributed by atoms with Crippen LogP contribution in [0.2, 0.25) is 5.02 Å². The van der Waals surface area contributed by atoms with Gasteiger partial charge in [-0.3, -0.25) is 0 Å². The van der Waals surface area contributed by atoms with Gasteiger partial charge < -0.3 is 10.1 Å².